The first-order chi connectivity index (χ1) is 12.7. The molecule has 0 radical (unpaired) electrons. The van der Waals surface area contributed by atoms with Crippen molar-refractivity contribution in [3.8, 4) is 6.07 Å². The second-order valence-corrected chi connectivity index (χ2v) is 7.16. The van der Waals surface area contributed by atoms with Gasteiger partial charge in [-0.25, -0.2) is 4.98 Å². The van der Waals surface area contributed by atoms with Gasteiger partial charge in [-0.05, 0) is 55.4 Å². The number of pyridine rings is 1. The van der Waals surface area contributed by atoms with Gasteiger partial charge in [0, 0.05) is 19.7 Å². The second kappa shape index (κ2) is 6.62. The summed E-state index contributed by atoms with van der Waals surface area (Å²) in [5.74, 6) is 1.44. The minimum atomic E-state index is 0.223. The molecule has 1 N–H and O–H groups in total. The molecule has 0 spiro atoms. The van der Waals surface area contributed by atoms with Gasteiger partial charge in [0.2, 0.25) is 0 Å². The van der Waals surface area contributed by atoms with Crippen molar-refractivity contribution in [1.29, 1.82) is 5.26 Å². The maximum absolute atomic E-state index is 9.79. The smallest absolute Gasteiger partial charge is 0.157 e. The van der Waals surface area contributed by atoms with Crippen LogP contribution in [0.2, 0.25) is 0 Å². The Labute approximate surface area is 153 Å². The highest BCUT2D eigenvalue weighted by molar-refractivity contribution is 5.86. The highest BCUT2D eigenvalue weighted by Gasteiger charge is 2.27. The van der Waals surface area contributed by atoms with Gasteiger partial charge in [-0.15, -0.1) is 0 Å². The fourth-order valence-electron chi connectivity index (χ4n) is 4.33. The molecule has 0 bridgehead atoms. The number of piperidine rings is 1. The van der Waals surface area contributed by atoms with Crippen LogP contribution < -0.4 is 4.90 Å². The van der Waals surface area contributed by atoms with E-state index in [1.807, 2.05) is 25.1 Å². The van der Waals surface area contributed by atoms with Crippen LogP contribution in [0.3, 0.4) is 0 Å². The van der Waals surface area contributed by atoms with Gasteiger partial charge in [-0.3, -0.25) is 4.40 Å². The van der Waals surface area contributed by atoms with Gasteiger partial charge in [0.05, 0.1) is 16.6 Å². The fourth-order valence-corrected chi connectivity index (χ4v) is 4.33. The molecule has 1 unspecified atom stereocenters. The van der Waals surface area contributed by atoms with Crippen LogP contribution in [-0.4, -0.2) is 34.2 Å². The molecule has 1 aliphatic rings. The molecule has 26 heavy (non-hydrogen) atoms. The van der Waals surface area contributed by atoms with Gasteiger partial charge in [-0.2, -0.15) is 5.26 Å². The van der Waals surface area contributed by atoms with E-state index in [9.17, 15) is 10.4 Å². The largest absolute Gasteiger partial charge is 0.396 e. The summed E-state index contributed by atoms with van der Waals surface area (Å²) in [6.45, 7) is 6.22. The Bertz CT molecular complexity index is 1010. The molecule has 0 amide bonds. The van der Waals surface area contributed by atoms with E-state index >= 15 is 0 Å². The summed E-state index contributed by atoms with van der Waals surface area (Å²) in [7, 11) is 0. The number of hydrogen-bond acceptors (Lipinski definition) is 4. The van der Waals surface area contributed by atoms with Gasteiger partial charge in [0.25, 0.3) is 0 Å². The molecule has 0 aliphatic carbocycles. The molecular formula is C21H24N4O. The molecule has 3 aromatic rings. The number of para-hydroxylation sites is 2. The highest BCUT2D eigenvalue weighted by Crippen LogP contribution is 2.35. The van der Waals surface area contributed by atoms with Crippen LogP contribution in [0.4, 0.5) is 5.82 Å². The monoisotopic (exact) mass is 348 g/mol. The molecule has 4 rings (SSSR count). The molecule has 5 heteroatoms. The molecule has 2 aromatic heterocycles. The maximum Gasteiger partial charge on any atom is 0.157 e. The molecule has 1 aromatic carbocycles. The SMILES string of the molecule is CCc1c(C)c(C#N)c2nc3ccccc3n2c1N1CCCC(CO)C1. The van der Waals surface area contributed by atoms with Gasteiger partial charge in [0.1, 0.15) is 11.9 Å². The number of rotatable bonds is 3. The van der Waals surface area contributed by atoms with Gasteiger partial charge in [-0.1, -0.05) is 19.1 Å². The van der Waals surface area contributed by atoms with Gasteiger partial charge in [0.15, 0.2) is 5.65 Å². The summed E-state index contributed by atoms with van der Waals surface area (Å²) < 4.78 is 2.17. The van der Waals surface area contributed by atoms with E-state index in [1.165, 1.54) is 5.56 Å². The predicted molar refractivity (Wildman–Crippen MR) is 104 cm³/mol. The van der Waals surface area contributed by atoms with Crippen LogP contribution in [0.25, 0.3) is 16.7 Å². The number of aromatic nitrogens is 2. The summed E-state index contributed by atoms with van der Waals surface area (Å²) in [5, 5.41) is 19.5. The summed E-state index contributed by atoms with van der Waals surface area (Å²) >= 11 is 0. The fraction of sp³-hybridized carbons (Fsp3) is 0.429. The van der Waals surface area contributed by atoms with E-state index in [1.54, 1.807) is 0 Å². The maximum atomic E-state index is 9.79. The Hall–Kier alpha value is -2.58. The lowest BCUT2D eigenvalue weighted by Gasteiger charge is -2.36. The van der Waals surface area contributed by atoms with E-state index in [0.717, 1.165) is 60.4 Å². The normalized spacial score (nSPS) is 17.8. The second-order valence-electron chi connectivity index (χ2n) is 7.16. The Balaban J connectivity index is 2.08. The summed E-state index contributed by atoms with van der Waals surface area (Å²) in [4.78, 5) is 7.17. The summed E-state index contributed by atoms with van der Waals surface area (Å²) in [6.07, 6.45) is 3.00. The lowest BCUT2D eigenvalue weighted by Crippen LogP contribution is -2.38. The highest BCUT2D eigenvalue weighted by atomic mass is 16.3. The van der Waals surface area contributed by atoms with Crippen LogP contribution in [-0.2, 0) is 6.42 Å². The van der Waals surface area contributed by atoms with Crippen LogP contribution in [0.15, 0.2) is 24.3 Å². The molecule has 1 atom stereocenters. The number of anilines is 1. The van der Waals surface area contributed by atoms with E-state index < -0.39 is 0 Å². The van der Waals surface area contributed by atoms with Crippen LogP contribution in [0, 0.1) is 24.2 Å². The topological polar surface area (TPSA) is 64.6 Å². The number of hydrogen-bond donors (Lipinski definition) is 1. The van der Waals surface area contributed by atoms with Crippen molar-refractivity contribution >= 4 is 22.5 Å². The van der Waals surface area contributed by atoms with Crippen molar-refractivity contribution in [2.24, 2.45) is 5.92 Å². The first-order valence-corrected chi connectivity index (χ1v) is 9.38. The van der Waals surface area contributed by atoms with E-state index in [2.05, 4.69) is 28.4 Å². The molecular weight excluding hydrogens is 324 g/mol. The van der Waals surface area contributed by atoms with Crippen molar-refractivity contribution in [2.45, 2.75) is 33.1 Å². The van der Waals surface area contributed by atoms with Crippen LogP contribution in [0.1, 0.15) is 36.5 Å². The Morgan fingerprint density at radius 1 is 1.35 bits per heavy atom. The minimum absolute atomic E-state index is 0.223. The molecule has 3 heterocycles. The van der Waals surface area contributed by atoms with Crippen molar-refractivity contribution in [3.63, 3.8) is 0 Å². The van der Waals surface area contributed by atoms with E-state index in [4.69, 9.17) is 4.98 Å². The quantitative estimate of drug-likeness (QED) is 0.787. The third kappa shape index (κ3) is 2.45. The van der Waals surface area contributed by atoms with Crippen molar-refractivity contribution in [1.82, 2.24) is 9.38 Å². The van der Waals surface area contributed by atoms with Crippen molar-refractivity contribution in [2.75, 3.05) is 24.6 Å². The molecule has 1 saturated heterocycles. The Morgan fingerprint density at radius 2 is 2.15 bits per heavy atom. The standard InChI is InChI=1S/C21H24N4O/c1-3-16-14(2)17(11-22)20-23-18-8-4-5-9-19(18)25(20)21(16)24-10-6-7-15(12-24)13-26/h4-5,8-9,15,26H,3,6-7,10,12-13H2,1-2H3. The number of imidazole rings is 1. The lowest BCUT2D eigenvalue weighted by molar-refractivity contribution is 0.208. The number of aliphatic hydroxyl groups excluding tert-OH is 1. The molecule has 1 fully saturated rings. The number of nitrogens with zero attached hydrogens (tertiary/aromatic N) is 4. The molecule has 0 saturated carbocycles. The minimum Gasteiger partial charge on any atom is -0.396 e. The van der Waals surface area contributed by atoms with Crippen molar-refractivity contribution in [3.05, 3.63) is 41.0 Å². The number of nitriles is 1. The summed E-state index contributed by atoms with van der Waals surface area (Å²) in [6, 6.07) is 10.5. The zero-order chi connectivity index (χ0) is 18.3. The molecule has 1 aliphatic heterocycles. The summed E-state index contributed by atoms with van der Waals surface area (Å²) in [5.41, 5.74) is 5.58. The van der Waals surface area contributed by atoms with Crippen LogP contribution in [0.5, 0.6) is 0 Å². The predicted octanol–water partition coefficient (Wildman–Crippen LogP) is 3.44. The zero-order valence-electron chi connectivity index (χ0n) is 15.4. The van der Waals surface area contributed by atoms with E-state index in [0.29, 0.717) is 11.5 Å². The lowest BCUT2D eigenvalue weighted by atomic mass is 9.96. The zero-order valence-corrected chi connectivity index (χ0v) is 15.4. The van der Waals surface area contributed by atoms with Gasteiger partial charge < -0.3 is 10.0 Å². The third-order valence-electron chi connectivity index (χ3n) is 5.64. The number of aliphatic hydroxyl groups is 1. The first-order valence-electron chi connectivity index (χ1n) is 9.38. The van der Waals surface area contributed by atoms with Crippen LogP contribution >= 0.6 is 0 Å². The third-order valence-corrected chi connectivity index (χ3v) is 5.64. The Morgan fingerprint density at radius 3 is 2.88 bits per heavy atom. The number of benzene rings is 1. The molecule has 5 nitrogen and oxygen atoms in total. The average molecular weight is 348 g/mol. The first kappa shape index (κ1) is 16.9. The average Bonchev–Trinajstić information content (AvgIpc) is 3.06. The van der Waals surface area contributed by atoms with Gasteiger partial charge >= 0.3 is 0 Å². The Kier molecular flexibility index (Phi) is 4.29. The van der Waals surface area contributed by atoms with Crippen molar-refractivity contribution < 1.29 is 5.11 Å². The molecule has 134 valence electrons. The van der Waals surface area contributed by atoms with E-state index in [-0.39, 0.29) is 6.61 Å². The number of fused-ring (bicyclic) bond motifs is 3.